The van der Waals surface area contributed by atoms with Gasteiger partial charge in [-0.2, -0.15) is 0 Å². The standard InChI is InChI=1S/C18H16BrN3OS/c1-10-4-12(3)15(5-11(10)2)16-9-24-18(21-16)22-17(23)13-6-14(19)8-20-7-13/h4-9H,1-3H3,(H,21,22,23). The van der Waals surface area contributed by atoms with E-state index in [9.17, 15) is 4.79 Å². The summed E-state index contributed by atoms with van der Waals surface area (Å²) in [5, 5.41) is 5.37. The first kappa shape index (κ1) is 16.8. The van der Waals surface area contributed by atoms with Gasteiger partial charge in [0, 0.05) is 27.8 Å². The van der Waals surface area contributed by atoms with Crippen LogP contribution in [0.3, 0.4) is 0 Å². The molecule has 0 aliphatic heterocycles. The molecule has 2 heterocycles. The maximum atomic E-state index is 12.3. The van der Waals surface area contributed by atoms with E-state index in [0.29, 0.717) is 10.7 Å². The number of nitrogens with zero attached hydrogens (tertiary/aromatic N) is 2. The van der Waals surface area contributed by atoms with Gasteiger partial charge in [-0.3, -0.25) is 15.1 Å². The van der Waals surface area contributed by atoms with Gasteiger partial charge < -0.3 is 0 Å². The first-order valence-electron chi connectivity index (χ1n) is 7.39. The quantitative estimate of drug-likeness (QED) is 0.660. The lowest BCUT2D eigenvalue weighted by molar-refractivity contribution is 0.102. The zero-order valence-corrected chi connectivity index (χ0v) is 16.0. The molecule has 0 saturated heterocycles. The van der Waals surface area contributed by atoms with Crippen molar-refractivity contribution >= 4 is 38.3 Å². The highest BCUT2D eigenvalue weighted by Crippen LogP contribution is 2.29. The maximum absolute atomic E-state index is 12.3. The molecule has 0 radical (unpaired) electrons. The number of carbonyl (C=O) groups is 1. The van der Waals surface area contributed by atoms with Gasteiger partial charge in [-0.15, -0.1) is 11.3 Å². The van der Waals surface area contributed by atoms with Gasteiger partial charge in [0.2, 0.25) is 0 Å². The lowest BCUT2D eigenvalue weighted by Crippen LogP contribution is -2.11. The summed E-state index contributed by atoms with van der Waals surface area (Å²) in [6.45, 7) is 6.27. The largest absolute Gasteiger partial charge is 0.298 e. The number of hydrogen-bond donors (Lipinski definition) is 1. The van der Waals surface area contributed by atoms with Crippen LogP contribution in [-0.4, -0.2) is 15.9 Å². The van der Waals surface area contributed by atoms with Crippen LogP contribution in [0, 0.1) is 20.8 Å². The van der Waals surface area contributed by atoms with E-state index in [1.165, 1.54) is 34.2 Å². The molecule has 1 amide bonds. The molecule has 2 aromatic heterocycles. The normalized spacial score (nSPS) is 10.7. The van der Waals surface area contributed by atoms with Crippen LogP contribution in [0.1, 0.15) is 27.0 Å². The molecule has 0 fully saturated rings. The van der Waals surface area contributed by atoms with Crippen molar-refractivity contribution in [2.24, 2.45) is 0 Å². The summed E-state index contributed by atoms with van der Waals surface area (Å²) in [6.07, 6.45) is 3.17. The second-order valence-electron chi connectivity index (χ2n) is 5.64. The van der Waals surface area contributed by atoms with E-state index in [1.807, 2.05) is 5.38 Å². The van der Waals surface area contributed by atoms with Crippen molar-refractivity contribution in [3.05, 3.63) is 62.7 Å². The van der Waals surface area contributed by atoms with Gasteiger partial charge in [0.25, 0.3) is 5.91 Å². The van der Waals surface area contributed by atoms with Crippen molar-refractivity contribution in [3.63, 3.8) is 0 Å². The van der Waals surface area contributed by atoms with Gasteiger partial charge in [0.1, 0.15) is 0 Å². The number of nitrogens with one attached hydrogen (secondary N) is 1. The molecule has 1 aromatic carbocycles. The van der Waals surface area contributed by atoms with E-state index in [1.54, 1.807) is 12.3 Å². The minimum atomic E-state index is -0.221. The molecule has 0 saturated carbocycles. The lowest BCUT2D eigenvalue weighted by atomic mass is 9.99. The summed E-state index contributed by atoms with van der Waals surface area (Å²) in [7, 11) is 0. The van der Waals surface area contributed by atoms with Gasteiger partial charge >= 0.3 is 0 Å². The molecule has 122 valence electrons. The average Bonchev–Trinajstić information content (AvgIpc) is 2.99. The van der Waals surface area contributed by atoms with Crippen LogP contribution in [0.2, 0.25) is 0 Å². The highest BCUT2D eigenvalue weighted by molar-refractivity contribution is 9.10. The molecule has 3 aromatic rings. The van der Waals surface area contributed by atoms with Crippen LogP contribution in [0.15, 0.2) is 40.4 Å². The number of halogens is 1. The third kappa shape index (κ3) is 3.55. The molecule has 4 nitrogen and oxygen atoms in total. The minimum Gasteiger partial charge on any atom is -0.298 e. The SMILES string of the molecule is Cc1cc(C)c(-c2csc(NC(=O)c3cncc(Br)c3)n2)cc1C. The Morgan fingerprint density at radius 2 is 1.83 bits per heavy atom. The Balaban J connectivity index is 1.84. The van der Waals surface area contributed by atoms with Crippen LogP contribution >= 0.6 is 27.3 Å². The number of hydrogen-bond acceptors (Lipinski definition) is 4. The highest BCUT2D eigenvalue weighted by Gasteiger charge is 2.12. The van der Waals surface area contributed by atoms with Gasteiger partial charge in [-0.1, -0.05) is 6.07 Å². The molecule has 0 aliphatic rings. The van der Waals surface area contributed by atoms with E-state index in [2.05, 4.69) is 64.1 Å². The van der Waals surface area contributed by atoms with Crippen LogP contribution in [0.4, 0.5) is 5.13 Å². The fraction of sp³-hybridized carbons (Fsp3) is 0.167. The Hall–Kier alpha value is -2.05. The number of amides is 1. The molecule has 0 aliphatic carbocycles. The van der Waals surface area contributed by atoms with Crippen LogP contribution in [0.25, 0.3) is 11.3 Å². The van der Waals surface area contributed by atoms with Gasteiger partial charge in [-0.05, 0) is 65.5 Å². The molecule has 0 bridgehead atoms. The van der Waals surface area contributed by atoms with Crippen molar-refractivity contribution in [2.75, 3.05) is 5.32 Å². The molecule has 0 unspecified atom stereocenters. The number of rotatable bonds is 3. The molecular formula is C18H16BrN3OS. The van der Waals surface area contributed by atoms with E-state index < -0.39 is 0 Å². The van der Waals surface area contributed by atoms with Crippen molar-refractivity contribution in [3.8, 4) is 11.3 Å². The second-order valence-corrected chi connectivity index (χ2v) is 7.41. The summed E-state index contributed by atoms with van der Waals surface area (Å²) >= 11 is 4.73. The fourth-order valence-electron chi connectivity index (χ4n) is 2.40. The monoisotopic (exact) mass is 401 g/mol. The third-order valence-corrected chi connectivity index (χ3v) is 5.00. The molecule has 3 rings (SSSR count). The zero-order chi connectivity index (χ0) is 17.3. The number of pyridine rings is 1. The minimum absolute atomic E-state index is 0.221. The fourth-order valence-corrected chi connectivity index (χ4v) is 3.47. The Bertz CT molecular complexity index is 920. The predicted molar refractivity (Wildman–Crippen MR) is 102 cm³/mol. The molecule has 6 heteroatoms. The lowest BCUT2D eigenvalue weighted by Gasteiger charge is -2.07. The molecule has 0 atom stereocenters. The number of anilines is 1. The Morgan fingerprint density at radius 3 is 2.58 bits per heavy atom. The summed E-state index contributed by atoms with van der Waals surface area (Å²) in [6, 6.07) is 6.03. The van der Waals surface area contributed by atoms with Crippen molar-refractivity contribution < 1.29 is 4.79 Å². The molecule has 1 N–H and O–H groups in total. The van der Waals surface area contributed by atoms with Gasteiger partial charge in [-0.25, -0.2) is 4.98 Å². The molecule has 24 heavy (non-hydrogen) atoms. The van der Waals surface area contributed by atoms with Crippen LogP contribution < -0.4 is 5.32 Å². The summed E-state index contributed by atoms with van der Waals surface area (Å²) in [4.78, 5) is 20.8. The summed E-state index contributed by atoms with van der Waals surface area (Å²) in [5.74, 6) is -0.221. The Labute approximate surface area is 153 Å². The number of benzene rings is 1. The number of aromatic nitrogens is 2. The van der Waals surface area contributed by atoms with Crippen molar-refractivity contribution in [1.29, 1.82) is 0 Å². The van der Waals surface area contributed by atoms with E-state index in [0.717, 1.165) is 15.7 Å². The van der Waals surface area contributed by atoms with E-state index in [4.69, 9.17) is 0 Å². The molecular weight excluding hydrogens is 386 g/mol. The third-order valence-electron chi connectivity index (χ3n) is 3.81. The first-order valence-corrected chi connectivity index (χ1v) is 9.07. The predicted octanol–water partition coefficient (Wildman–Crippen LogP) is 5.15. The van der Waals surface area contributed by atoms with Crippen molar-refractivity contribution in [1.82, 2.24) is 9.97 Å². The summed E-state index contributed by atoms with van der Waals surface area (Å²) < 4.78 is 0.765. The number of thiazole rings is 1. The zero-order valence-electron chi connectivity index (χ0n) is 13.6. The Morgan fingerprint density at radius 1 is 1.08 bits per heavy atom. The average molecular weight is 402 g/mol. The smallest absolute Gasteiger partial charge is 0.259 e. The van der Waals surface area contributed by atoms with Gasteiger partial charge in [0.15, 0.2) is 5.13 Å². The van der Waals surface area contributed by atoms with Crippen LogP contribution in [0.5, 0.6) is 0 Å². The topological polar surface area (TPSA) is 54.9 Å². The first-order chi connectivity index (χ1) is 11.4. The van der Waals surface area contributed by atoms with Gasteiger partial charge in [0.05, 0.1) is 11.3 Å². The second kappa shape index (κ2) is 6.83. The van der Waals surface area contributed by atoms with Crippen molar-refractivity contribution in [2.45, 2.75) is 20.8 Å². The molecule has 0 spiro atoms. The number of aryl methyl sites for hydroxylation is 3. The maximum Gasteiger partial charge on any atom is 0.259 e. The Kier molecular flexibility index (Phi) is 4.78. The van der Waals surface area contributed by atoms with E-state index in [-0.39, 0.29) is 5.91 Å². The highest BCUT2D eigenvalue weighted by atomic mass is 79.9. The van der Waals surface area contributed by atoms with E-state index >= 15 is 0 Å². The number of carbonyl (C=O) groups excluding carboxylic acids is 1. The van der Waals surface area contributed by atoms with Crippen LogP contribution in [-0.2, 0) is 0 Å². The summed E-state index contributed by atoms with van der Waals surface area (Å²) in [5.41, 5.74) is 6.14.